The van der Waals surface area contributed by atoms with E-state index in [9.17, 15) is 32.3 Å². The number of halogens is 4. The molecule has 1 heterocycles. The minimum Gasteiger partial charge on any atom is -0.378 e. The first-order chi connectivity index (χ1) is 15.9. The van der Waals surface area contributed by atoms with Gasteiger partial charge in [-0.2, -0.15) is 5.10 Å². The fourth-order valence-corrected chi connectivity index (χ4v) is 3.32. The smallest absolute Gasteiger partial charge is 0.254 e. The number of nitrogens with zero attached hydrogens (tertiary/aromatic N) is 1. The Balaban J connectivity index is 1.66. The van der Waals surface area contributed by atoms with Crippen molar-refractivity contribution in [2.24, 2.45) is 0 Å². The van der Waals surface area contributed by atoms with E-state index in [0.717, 1.165) is 24.3 Å². The van der Waals surface area contributed by atoms with Gasteiger partial charge in [0.2, 0.25) is 5.91 Å². The molecular weight excluding hydrogens is 456 g/mol. The molecule has 0 radical (unpaired) electrons. The number of aromatic amines is 1. The maximum absolute atomic E-state index is 14.3. The van der Waals surface area contributed by atoms with Crippen LogP contribution in [0, 0.1) is 23.3 Å². The van der Waals surface area contributed by atoms with Gasteiger partial charge in [0.05, 0.1) is 0 Å². The van der Waals surface area contributed by atoms with E-state index in [1.54, 1.807) is 13.8 Å². The zero-order valence-corrected chi connectivity index (χ0v) is 18.4. The Morgan fingerprint density at radius 3 is 2.24 bits per heavy atom. The second-order valence-corrected chi connectivity index (χ2v) is 8.24. The van der Waals surface area contributed by atoms with E-state index in [1.807, 2.05) is 0 Å². The van der Waals surface area contributed by atoms with Crippen LogP contribution in [0.1, 0.15) is 43.7 Å². The van der Waals surface area contributed by atoms with E-state index >= 15 is 0 Å². The summed E-state index contributed by atoms with van der Waals surface area (Å²) >= 11 is 0. The molecule has 180 valence electrons. The number of hydrogen-bond acceptors (Lipinski definition) is 4. The number of nitrogens with one attached hydrogen (secondary N) is 3. The molecule has 34 heavy (non-hydrogen) atoms. The van der Waals surface area contributed by atoms with Crippen LogP contribution in [0.4, 0.5) is 23.4 Å². The second kappa shape index (κ2) is 9.64. The lowest BCUT2D eigenvalue weighted by molar-refractivity contribution is -0.132. The van der Waals surface area contributed by atoms with Gasteiger partial charge in [0.1, 0.15) is 29.3 Å². The minimum atomic E-state index is -1.90. The fourth-order valence-electron chi connectivity index (χ4n) is 3.32. The largest absolute Gasteiger partial charge is 0.378 e. The Labute approximate surface area is 192 Å². The molecule has 0 aliphatic rings. The molecule has 3 aromatic rings. The summed E-state index contributed by atoms with van der Waals surface area (Å²) in [5.41, 5.74) is -0.625. The van der Waals surface area contributed by atoms with E-state index in [2.05, 4.69) is 20.8 Å². The van der Waals surface area contributed by atoms with Gasteiger partial charge in [0.15, 0.2) is 11.9 Å². The molecule has 1 aromatic heterocycles. The van der Waals surface area contributed by atoms with Crippen molar-refractivity contribution < 1.29 is 32.3 Å². The number of amides is 2. The first kappa shape index (κ1) is 24.9. The Morgan fingerprint density at radius 2 is 1.62 bits per heavy atom. The zero-order valence-electron chi connectivity index (χ0n) is 18.4. The highest BCUT2D eigenvalue weighted by Gasteiger charge is 2.29. The molecule has 2 atom stereocenters. The average Bonchev–Trinajstić information content (AvgIpc) is 3.21. The van der Waals surface area contributed by atoms with Crippen LogP contribution in [-0.4, -0.2) is 33.2 Å². The standard InChI is InChI=1S/C23H22F4N4O3/c1-11(28-22(34)20(32)12-6-14(25)8-15(26)7-12)21(33)29-19-10-18(30-31-19)23(2,3)16-5-4-13(24)9-17(16)27/h4-11,20,32H,1-3H3,(H,28,34)(H2,29,30,31,33)/t11-,20-/m0/s1. The molecular formula is C23H22F4N4O3. The van der Waals surface area contributed by atoms with Gasteiger partial charge in [-0.25, -0.2) is 17.6 Å². The summed E-state index contributed by atoms with van der Waals surface area (Å²) in [6, 6.07) is 5.72. The van der Waals surface area contributed by atoms with Gasteiger partial charge in [0.25, 0.3) is 5.91 Å². The Hall–Kier alpha value is -3.73. The lowest BCUT2D eigenvalue weighted by Crippen LogP contribution is -2.43. The summed E-state index contributed by atoms with van der Waals surface area (Å²) in [6.45, 7) is 4.70. The van der Waals surface area contributed by atoms with Crippen molar-refractivity contribution in [1.82, 2.24) is 15.5 Å². The lowest BCUT2D eigenvalue weighted by Gasteiger charge is -2.24. The number of aromatic nitrogens is 2. The van der Waals surface area contributed by atoms with Gasteiger partial charge in [-0.1, -0.05) is 19.9 Å². The van der Waals surface area contributed by atoms with Crippen molar-refractivity contribution in [1.29, 1.82) is 0 Å². The topological polar surface area (TPSA) is 107 Å². The van der Waals surface area contributed by atoms with Gasteiger partial charge < -0.3 is 15.7 Å². The minimum absolute atomic E-state index is 0.0736. The summed E-state index contributed by atoms with van der Waals surface area (Å²) in [5.74, 6) is -5.05. The molecule has 0 fully saturated rings. The van der Waals surface area contributed by atoms with E-state index < -0.39 is 52.6 Å². The van der Waals surface area contributed by atoms with E-state index in [0.29, 0.717) is 11.8 Å². The van der Waals surface area contributed by atoms with Crippen molar-refractivity contribution in [3.8, 4) is 0 Å². The van der Waals surface area contributed by atoms with E-state index in [-0.39, 0.29) is 16.9 Å². The van der Waals surface area contributed by atoms with Crippen molar-refractivity contribution in [2.75, 3.05) is 5.32 Å². The van der Waals surface area contributed by atoms with Gasteiger partial charge >= 0.3 is 0 Å². The number of hydrogen-bond donors (Lipinski definition) is 4. The maximum Gasteiger partial charge on any atom is 0.254 e. The van der Waals surface area contributed by atoms with Gasteiger partial charge in [-0.05, 0) is 36.2 Å². The number of aliphatic hydroxyl groups excluding tert-OH is 1. The highest BCUT2D eigenvalue weighted by atomic mass is 19.1. The third kappa shape index (κ3) is 5.42. The van der Waals surface area contributed by atoms with Gasteiger partial charge in [-0.15, -0.1) is 0 Å². The quantitative estimate of drug-likeness (QED) is 0.390. The fraction of sp³-hybridized carbons (Fsp3) is 0.261. The van der Waals surface area contributed by atoms with Crippen LogP contribution in [0.25, 0.3) is 0 Å². The molecule has 0 saturated carbocycles. The zero-order chi connectivity index (χ0) is 25.2. The molecule has 3 rings (SSSR count). The summed E-state index contributed by atoms with van der Waals surface area (Å²) in [7, 11) is 0. The summed E-state index contributed by atoms with van der Waals surface area (Å²) in [6.07, 6.45) is -1.90. The van der Waals surface area contributed by atoms with Crippen LogP contribution in [0.15, 0.2) is 42.5 Å². The molecule has 2 amide bonds. The summed E-state index contributed by atoms with van der Waals surface area (Å²) in [4.78, 5) is 24.7. The van der Waals surface area contributed by atoms with Crippen LogP contribution in [0.5, 0.6) is 0 Å². The molecule has 0 aliphatic heterocycles. The van der Waals surface area contributed by atoms with Gasteiger partial charge in [-0.3, -0.25) is 14.7 Å². The number of rotatable bonds is 7. The van der Waals surface area contributed by atoms with E-state index in [1.165, 1.54) is 19.1 Å². The molecule has 7 nitrogen and oxygen atoms in total. The number of carbonyl (C=O) groups is 2. The van der Waals surface area contributed by atoms with Crippen LogP contribution in [-0.2, 0) is 15.0 Å². The maximum atomic E-state index is 14.3. The average molecular weight is 478 g/mol. The lowest BCUT2D eigenvalue weighted by atomic mass is 9.81. The number of carbonyl (C=O) groups excluding carboxylic acids is 2. The molecule has 0 bridgehead atoms. The summed E-state index contributed by atoms with van der Waals surface area (Å²) < 4.78 is 54.2. The molecule has 0 unspecified atom stereocenters. The highest BCUT2D eigenvalue weighted by Crippen LogP contribution is 2.33. The first-order valence-corrected chi connectivity index (χ1v) is 10.1. The second-order valence-electron chi connectivity index (χ2n) is 8.24. The molecule has 0 aliphatic carbocycles. The number of benzene rings is 2. The Morgan fingerprint density at radius 1 is 0.971 bits per heavy atom. The van der Waals surface area contributed by atoms with E-state index in [4.69, 9.17) is 0 Å². The molecule has 11 heteroatoms. The number of aliphatic hydroxyl groups is 1. The predicted molar refractivity (Wildman–Crippen MR) is 115 cm³/mol. The highest BCUT2D eigenvalue weighted by molar-refractivity contribution is 5.97. The van der Waals surface area contributed by atoms with Crippen molar-refractivity contribution >= 4 is 17.6 Å². The monoisotopic (exact) mass is 478 g/mol. The van der Waals surface area contributed by atoms with Crippen LogP contribution < -0.4 is 10.6 Å². The molecule has 0 spiro atoms. The van der Waals surface area contributed by atoms with Crippen molar-refractivity contribution in [3.63, 3.8) is 0 Å². The van der Waals surface area contributed by atoms with Gasteiger partial charge in [0, 0.05) is 29.3 Å². The normalized spacial score (nSPS) is 13.3. The summed E-state index contributed by atoms with van der Waals surface area (Å²) in [5, 5.41) is 21.4. The van der Waals surface area contributed by atoms with Crippen LogP contribution in [0.2, 0.25) is 0 Å². The van der Waals surface area contributed by atoms with Crippen molar-refractivity contribution in [2.45, 2.75) is 38.3 Å². The Bertz CT molecular complexity index is 1210. The molecule has 0 saturated heterocycles. The molecule has 4 N–H and O–H groups in total. The molecule has 2 aromatic carbocycles. The Kier molecular flexibility index (Phi) is 7.06. The number of anilines is 1. The third-order valence-electron chi connectivity index (χ3n) is 5.31. The third-order valence-corrected chi connectivity index (χ3v) is 5.31. The van der Waals surface area contributed by atoms with Crippen molar-refractivity contribution in [3.05, 3.63) is 82.6 Å². The van der Waals surface area contributed by atoms with Crippen LogP contribution >= 0.6 is 0 Å². The predicted octanol–water partition coefficient (Wildman–Crippen LogP) is 3.47. The number of H-pyrrole nitrogens is 1. The first-order valence-electron chi connectivity index (χ1n) is 10.1. The van der Waals surface area contributed by atoms with Crippen LogP contribution in [0.3, 0.4) is 0 Å². The SMILES string of the molecule is C[C@H](NC(=O)[C@@H](O)c1cc(F)cc(F)c1)C(=O)Nc1cc(C(C)(C)c2ccc(F)cc2F)[nH]n1.